The Morgan fingerprint density at radius 2 is 1.79 bits per heavy atom. The topological polar surface area (TPSA) is 87.5 Å². The van der Waals surface area contributed by atoms with E-state index in [9.17, 15) is 18.0 Å². The van der Waals surface area contributed by atoms with Crippen LogP contribution in [0.25, 0.3) is 0 Å². The SMILES string of the molecule is COc1ccc(OC(C)c2nnc(SCC(=O)Nc3ccccc3OC(F)(F)F)n2C)cc1. The van der Waals surface area contributed by atoms with Gasteiger partial charge in [0.2, 0.25) is 5.91 Å². The fourth-order valence-corrected chi connectivity index (χ4v) is 3.54. The summed E-state index contributed by atoms with van der Waals surface area (Å²) in [4.78, 5) is 12.3. The zero-order valence-corrected chi connectivity index (χ0v) is 18.7. The highest BCUT2D eigenvalue weighted by atomic mass is 32.2. The molecular weight excluding hydrogens is 461 g/mol. The summed E-state index contributed by atoms with van der Waals surface area (Å²) in [6.45, 7) is 1.81. The van der Waals surface area contributed by atoms with Crippen molar-refractivity contribution in [1.29, 1.82) is 0 Å². The van der Waals surface area contributed by atoms with Crippen molar-refractivity contribution in [3.05, 3.63) is 54.4 Å². The summed E-state index contributed by atoms with van der Waals surface area (Å²) in [5, 5.41) is 11.1. The first-order chi connectivity index (χ1) is 15.7. The van der Waals surface area contributed by atoms with E-state index in [-0.39, 0.29) is 11.4 Å². The number of aromatic nitrogens is 3. The molecule has 3 aromatic rings. The minimum atomic E-state index is -4.87. The molecule has 8 nitrogen and oxygen atoms in total. The van der Waals surface area contributed by atoms with Gasteiger partial charge in [0, 0.05) is 7.05 Å². The van der Waals surface area contributed by atoms with E-state index in [0.29, 0.717) is 22.5 Å². The van der Waals surface area contributed by atoms with E-state index in [2.05, 4.69) is 20.3 Å². The number of nitrogens with zero attached hydrogens (tertiary/aromatic N) is 3. The first kappa shape index (κ1) is 24.2. The standard InChI is InChI=1S/C21H21F3N4O4S/c1-13(31-15-10-8-14(30-3)9-11-15)19-26-27-20(28(19)2)33-12-18(29)25-16-6-4-5-7-17(16)32-21(22,23)24/h4-11,13H,12H2,1-3H3,(H,25,29). The van der Waals surface area contributed by atoms with Gasteiger partial charge in [-0.15, -0.1) is 23.4 Å². The molecule has 1 amide bonds. The van der Waals surface area contributed by atoms with Crippen LogP contribution >= 0.6 is 11.8 Å². The van der Waals surface area contributed by atoms with Crippen molar-refractivity contribution in [2.24, 2.45) is 7.05 Å². The first-order valence-corrected chi connectivity index (χ1v) is 10.6. The molecule has 12 heteroatoms. The number of benzene rings is 2. The van der Waals surface area contributed by atoms with E-state index < -0.39 is 24.1 Å². The average molecular weight is 482 g/mol. The van der Waals surface area contributed by atoms with Gasteiger partial charge in [0.15, 0.2) is 22.8 Å². The van der Waals surface area contributed by atoms with Gasteiger partial charge in [0.1, 0.15) is 11.5 Å². The normalized spacial score (nSPS) is 12.2. The molecule has 0 saturated carbocycles. The molecule has 0 aliphatic carbocycles. The molecule has 176 valence electrons. The molecule has 3 rings (SSSR count). The Kier molecular flexibility index (Phi) is 7.69. The monoisotopic (exact) mass is 482 g/mol. The maximum Gasteiger partial charge on any atom is 0.573 e. The van der Waals surface area contributed by atoms with E-state index >= 15 is 0 Å². The molecule has 1 heterocycles. The maximum absolute atomic E-state index is 12.5. The number of para-hydroxylation sites is 2. The predicted octanol–water partition coefficient (Wildman–Crippen LogP) is 4.59. The van der Waals surface area contributed by atoms with Gasteiger partial charge in [-0.05, 0) is 43.3 Å². The van der Waals surface area contributed by atoms with Crippen molar-refractivity contribution in [1.82, 2.24) is 14.8 Å². The average Bonchev–Trinajstić information content (AvgIpc) is 3.13. The summed E-state index contributed by atoms with van der Waals surface area (Å²) in [5.41, 5.74) is -0.0828. The first-order valence-electron chi connectivity index (χ1n) is 9.63. The van der Waals surface area contributed by atoms with Crippen molar-refractivity contribution in [3.63, 3.8) is 0 Å². The molecular formula is C21H21F3N4O4S. The number of hydrogen-bond donors (Lipinski definition) is 1. The highest BCUT2D eigenvalue weighted by Gasteiger charge is 2.32. The second-order valence-electron chi connectivity index (χ2n) is 6.72. The summed E-state index contributed by atoms with van der Waals surface area (Å²) in [6, 6.07) is 12.4. The molecule has 1 unspecified atom stereocenters. The lowest BCUT2D eigenvalue weighted by Gasteiger charge is -2.15. The molecule has 0 fully saturated rings. The lowest BCUT2D eigenvalue weighted by Crippen LogP contribution is -2.20. The Balaban J connectivity index is 1.59. The van der Waals surface area contributed by atoms with Crippen LogP contribution in [0.2, 0.25) is 0 Å². The maximum atomic E-state index is 12.5. The van der Waals surface area contributed by atoms with Crippen LogP contribution in [0, 0.1) is 0 Å². The van der Waals surface area contributed by atoms with E-state index in [4.69, 9.17) is 9.47 Å². The molecule has 1 atom stereocenters. The minimum absolute atomic E-state index is 0.0828. The Bertz CT molecular complexity index is 1090. The van der Waals surface area contributed by atoms with Crippen LogP contribution < -0.4 is 19.5 Å². The van der Waals surface area contributed by atoms with Crippen LogP contribution in [-0.2, 0) is 11.8 Å². The summed E-state index contributed by atoms with van der Waals surface area (Å²) < 4.78 is 54.2. The van der Waals surface area contributed by atoms with Crippen molar-refractivity contribution in [2.45, 2.75) is 24.5 Å². The summed E-state index contributed by atoms with van der Waals surface area (Å²) in [6.07, 6.45) is -5.29. The van der Waals surface area contributed by atoms with Gasteiger partial charge >= 0.3 is 6.36 Å². The van der Waals surface area contributed by atoms with Gasteiger partial charge in [0.05, 0.1) is 18.6 Å². The Hall–Kier alpha value is -3.41. The predicted molar refractivity (Wildman–Crippen MR) is 116 cm³/mol. The minimum Gasteiger partial charge on any atom is -0.497 e. The molecule has 33 heavy (non-hydrogen) atoms. The Labute approximate surface area is 192 Å². The van der Waals surface area contributed by atoms with E-state index in [1.807, 2.05) is 6.92 Å². The Morgan fingerprint density at radius 3 is 2.45 bits per heavy atom. The highest BCUT2D eigenvalue weighted by molar-refractivity contribution is 7.99. The molecule has 0 aliphatic rings. The number of carbonyl (C=O) groups is 1. The lowest BCUT2D eigenvalue weighted by atomic mass is 10.3. The van der Waals surface area contributed by atoms with Crippen molar-refractivity contribution in [3.8, 4) is 17.2 Å². The summed E-state index contributed by atoms with van der Waals surface area (Å²) >= 11 is 1.09. The molecule has 0 radical (unpaired) electrons. The number of alkyl halides is 3. The van der Waals surface area contributed by atoms with Crippen molar-refractivity contribution >= 4 is 23.4 Å². The molecule has 0 spiro atoms. The second-order valence-corrected chi connectivity index (χ2v) is 7.66. The number of amides is 1. The highest BCUT2D eigenvalue weighted by Crippen LogP contribution is 2.30. The van der Waals surface area contributed by atoms with Gasteiger partial charge in [-0.1, -0.05) is 23.9 Å². The van der Waals surface area contributed by atoms with Gasteiger partial charge in [-0.25, -0.2) is 0 Å². The fraction of sp³-hybridized carbons (Fsp3) is 0.286. The molecule has 0 saturated heterocycles. The molecule has 2 aromatic carbocycles. The van der Waals surface area contributed by atoms with Crippen LogP contribution in [-0.4, -0.2) is 39.9 Å². The number of nitrogens with one attached hydrogen (secondary N) is 1. The van der Waals surface area contributed by atoms with Crippen LogP contribution in [0.15, 0.2) is 53.7 Å². The van der Waals surface area contributed by atoms with Crippen LogP contribution in [0.3, 0.4) is 0 Å². The molecule has 1 N–H and O–H groups in total. The molecule has 0 aliphatic heterocycles. The van der Waals surface area contributed by atoms with E-state index in [1.54, 1.807) is 43.0 Å². The number of hydrogen-bond acceptors (Lipinski definition) is 7. The third-order valence-electron chi connectivity index (χ3n) is 4.32. The fourth-order valence-electron chi connectivity index (χ4n) is 2.82. The van der Waals surface area contributed by atoms with Crippen molar-refractivity contribution < 1.29 is 32.2 Å². The number of rotatable bonds is 9. The smallest absolute Gasteiger partial charge is 0.497 e. The van der Waals surface area contributed by atoms with E-state index in [0.717, 1.165) is 17.8 Å². The van der Waals surface area contributed by atoms with Gasteiger partial charge < -0.3 is 24.1 Å². The zero-order chi connectivity index (χ0) is 24.0. The Morgan fingerprint density at radius 1 is 1.12 bits per heavy atom. The number of thioether (sulfide) groups is 1. The van der Waals surface area contributed by atoms with Crippen LogP contribution in [0.4, 0.5) is 18.9 Å². The number of carbonyl (C=O) groups excluding carboxylic acids is 1. The summed E-state index contributed by atoms with van der Waals surface area (Å²) in [7, 11) is 3.31. The summed E-state index contributed by atoms with van der Waals surface area (Å²) in [5.74, 6) is 0.759. The zero-order valence-electron chi connectivity index (χ0n) is 17.9. The third kappa shape index (κ3) is 6.78. The lowest BCUT2D eigenvalue weighted by molar-refractivity contribution is -0.274. The van der Waals surface area contributed by atoms with Crippen LogP contribution in [0.5, 0.6) is 17.2 Å². The molecule has 1 aromatic heterocycles. The second kappa shape index (κ2) is 10.5. The van der Waals surface area contributed by atoms with Gasteiger partial charge in [0.25, 0.3) is 0 Å². The quantitative estimate of drug-likeness (QED) is 0.446. The number of ether oxygens (including phenoxy) is 3. The largest absolute Gasteiger partial charge is 0.573 e. The number of halogens is 3. The van der Waals surface area contributed by atoms with Crippen LogP contribution in [0.1, 0.15) is 18.9 Å². The van der Waals surface area contributed by atoms with Gasteiger partial charge in [-0.3, -0.25) is 4.79 Å². The number of methoxy groups -OCH3 is 1. The number of anilines is 1. The van der Waals surface area contributed by atoms with Crippen molar-refractivity contribution in [2.75, 3.05) is 18.2 Å². The third-order valence-corrected chi connectivity index (χ3v) is 5.34. The van der Waals surface area contributed by atoms with Gasteiger partial charge in [-0.2, -0.15) is 0 Å². The van der Waals surface area contributed by atoms with E-state index in [1.165, 1.54) is 18.2 Å². The molecule has 0 bridgehead atoms.